The first-order chi connectivity index (χ1) is 10.1. The van der Waals surface area contributed by atoms with Gasteiger partial charge in [0.05, 0.1) is 6.17 Å². The smallest absolute Gasteiger partial charge is 0.336 e. The van der Waals surface area contributed by atoms with Gasteiger partial charge in [0.2, 0.25) is 0 Å². The summed E-state index contributed by atoms with van der Waals surface area (Å²) in [4.78, 5) is 16.1. The van der Waals surface area contributed by atoms with Gasteiger partial charge in [0, 0.05) is 29.8 Å². The Kier molecular flexibility index (Phi) is 5.02. The first kappa shape index (κ1) is 15.6. The van der Waals surface area contributed by atoms with Crippen LogP contribution in [0, 0.1) is 0 Å². The minimum Gasteiger partial charge on any atom is -0.423 e. The Balaban J connectivity index is 2.39. The second-order valence-corrected chi connectivity index (χ2v) is 5.12. The molecule has 1 atom stereocenters. The number of anilines is 1. The molecule has 4 heteroatoms. The summed E-state index contributed by atoms with van der Waals surface area (Å²) < 4.78 is 5.29. The molecule has 0 saturated carbocycles. The zero-order valence-corrected chi connectivity index (χ0v) is 13.3. The summed E-state index contributed by atoms with van der Waals surface area (Å²) in [6.07, 6.45) is 0.304. The molecule has 0 amide bonds. The van der Waals surface area contributed by atoms with Crippen molar-refractivity contribution in [1.82, 2.24) is 4.90 Å². The van der Waals surface area contributed by atoms with E-state index in [1.807, 2.05) is 12.1 Å². The maximum atomic E-state index is 11.4. The lowest BCUT2D eigenvalue weighted by atomic mass is 10.2. The molecule has 1 unspecified atom stereocenters. The topological polar surface area (TPSA) is 36.7 Å². The highest BCUT2D eigenvalue weighted by Gasteiger charge is 2.18. The Morgan fingerprint density at radius 3 is 2.33 bits per heavy atom. The van der Waals surface area contributed by atoms with Gasteiger partial charge in [-0.2, -0.15) is 0 Å². The Bertz CT molecular complexity index is 647. The molecule has 0 aliphatic heterocycles. The average Bonchev–Trinajstić information content (AvgIpc) is 2.49. The van der Waals surface area contributed by atoms with E-state index in [-0.39, 0.29) is 5.63 Å². The average molecular weight is 288 g/mol. The van der Waals surface area contributed by atoms with Crippen LogP contribution in [0.25, 0.3) is 11.0 Å². The van der Waals surface area contributed by atoms with Gasteiger partial charge in [-0.3, -0.25) is 4.90 Å². The van der Waals surface area contributed by atoms with E-state index < -0.39 is 0 Å². The number of fused-ring (bicyclic) bond motifs is 1. The molecule has 0 saturated heterocycles. The van der Waals surface area contributed by atoms with Gasteiger partial charge >= 0.3 is 5.63 Å². The lowest BCUT2D eigenvalue weighted by molar-refractivity contribution is 0.225. The molecule has 1 aromatic heterocycles. The van der Waals surface area contributed by atoms with Gasteiger partial charge in [0.1, 0.15) is 5.58 Å². The van der Waals surface area contributed by atoms with E-state index in [2.05, 4.69) is 43.6 Å². The lowest BCUT2D eigenvalue weighted by Crippen LogP contribution is -2.46. The predicted octanol–water partition coefficient (Wildman–Crippen LogP) is 3.31. The quantitative estimate of drug-likeness (QED) is 0.603. The van der Waals surface area contributed by atoms with Crippen molar-refractivity contribution in [1.29, 1.82) is 0 Å². The summed E-state index contributed by atoms with van der Waals surface area (Å²) >= 11 is 0. The minimum atomic E-state index is -0.306. The van der Waals surface area contributed by atoms with Crippen LogP contribution in [0.5, 0.6) is 0 Å². The summed E-state index contributed by atoms with van der Waals surface area (Å²) in [5, 5.41) is 0.949. The van der Waals surface area contributed by atoms with Crippen LogP contribution >= 0.6 is 0 Å². The van der Waals surface area contributed by atoms with Gasteiger partial charge in [-0.15, -0.1) is 0 Å². The summed E-state index contributed by atoms with van der Waals surface area (Å²) in [6.45, 7) is 11.6. The Morgan fingerprint density at radius 2 is 1.71 bits per heavy atom. The summed E-state index contributed by atoms with van der Waals surface area (Å²) in [5.41, 5.74) is 1.42. The van der Waals surface area contributed by atoms with E-state index in [4.69, 9.17) is 4.42 Å². The molecule has 2 aromatic rings. The molecule has 0 spiro atoms. The fourth-order valence-electron chi connectivity index (χ4n) is 2.84. The highest BCUT2D eigenvalue weighted by atomic mass is 16.4. The third-order valence-electron chi connectivity index (χ3n) is 4.07. The first-order valence-electron chi connectivity index (χ1n) is 7.65. The van der Waals surface area contributed by atoms with Crippen LogP contribution in [-0.2, 0) is 0 Å². The van der Waals surface area contributed by atoms with Crippen molar-refractivity contribution < 1.29 is 4.42 Å². The van der Waals surface area contributed by atoms with Crippen molar-refractivity contribution in [3.05, 3.63) is 40.8 Å². The van der Waals surface area contributed by atoms with Gasteiger partial charge < -0.3 is 9.32 Å². The maximum absolute atomic E-state index is 11.4. The molecule has 4 nitrogen and oxygen atoms in total. The van der Waals surface area contributed by atoms with Crippen LogP contribution < -0.4 is 10.5 Å². The minimum absolute atomic E-state index is 0.304. The fraction of sp³-hybridized carbons (Fsp3) is 0.471. The van der Waals surface area contributed by atoms with Gasteiger partial charge in [0.25, 0.3) is 0 Å². The van der Waals surface area contributed by atoms with E-state index >= 15 is 0 Å². The SMILES string of the molecule is CCN(CC)C(C)N(CC)c1ccc2ccc(=O)oc2c1. The zero-order valence-electron chi connectivity index (χ0n) is 13.3. The molecular formula is C17H24N2O2. The Labute approximate surface area is 126 Å². The first-order valence-corrected chi connectivity index (χ1v) is 7.65. The molecule has 0 N–H and O–H groups in total. The number of rotatable bonds is 6. The standard InChI is InChI=1S/C17H24N2O2/c1-5-18(6-2)13(4)19(7-3)15-10-8-14-9-11-17(20)21-16(14)12-15/h8-13H,5-7H2,1-4H3. The molecule has 2 rings (SSSR count). The number of benzene rings is 1. The van der Waals surface area contributed by atoms with Gasteiger partial charge in [-0.25, -0.2) is 4.79 Å². The van der Waals surface area contributed by atoms with Gasteiger partial charge in [0.15, 0.2) is 0 Å². The molecule has 1 heterocycles. The van der Waals surface area contributed by atoms with Crippen LogP contribution in [0.2, 0.25) is 0 Å². The second kappa shape index (κ2) is 6.76. The third-order valence-corrected chi connectivity index (χ3v) is 4.07. The van der Waals surface area contributed by atoms with E-state index in [1.165, 1.54) is 6.07 Å². The number of nitrogens with zero attached hydrogens (tertiary/aromatic N) is 2. The molecular weight excluding hydrogens is 264 g/mol. The molecule has 0 radical (unpaired) electrons. The van der Waals surface area contributed by atoms with Crippen LogP contribution in [0.1, 0.15) is 27.7 Å². The van der Waals surface area contributed by atoms with Crippen molar-refractivity contribution >= 4 is 16.7 Å². The molecule has 0 aliphatic carbocycles. The van der Waals surface area contributed by atoms with E-state index in [1.54, 1.807) is 6.07 Å². The van der Waals surface area contributed by atoms with Crippen molar-refractivity contribution in [3.8, 4) is 0 Å². The third kappa shape index (κ3) is 3.27. The number of hydrogen-bond acceptors (Lipinski definition) is 4. The van der Waals surface area contributed by atoms with E-state index in [9.17, 15) is 4.79 Å². The largest absolute Gasteiger partial charge is 0.423 e. The maximum Gasteiger partial charge on any atom is 0.336 e. The molecule has 0 bridgehead atoms. The Hall–Kier alpha value is -1.81. The molecule has 21 heavy (non-hydrogen) atoms. The summed E-state index contributed by atoms with van der Waals surface area (Å²) in [7, 11) is 0. The molecule has 0 aliphatic rings. The highest BCUT2D eigenvalue weighted by Crippen LogP contribution is 2.23. The Morgan fingerprint density at radius 1 is 1.05 bits per heavy atom. The summed E-state index contributed by atoms with van der Waals surface area (Å²) in [6, 6.07) is 9.31. The van der Waals surface area contributed by atoms with Crippen molar-refractivity contribution in [2.45, 2.75) is 33.9 Å². The fourth-order valence-corrected chi connectivity index (χ4v) is 2.84. The van der Waals surface area contributed by atoms with Crippen molar-refractivity contribution in [2.75, 3.05) is 24.5 Å². The second-order valence-electron chi connectivity index (χ2n) is 5.12. The van der Waals surface area contributed by atoms with Crippen LogP contribution in [-0.4, -0.2) is 30.7 Å². The number of hydrogen-bond donors (Lipinski definition) is 0. The van der Waals surface area contributed by atoms with Crippen LogP contribution in [0.3, 0.4) is 0 Å². The van der Waals surface area contributed by atoms with Gasteiger partial charge in [-0.05, 0) is 45.1 Å². The summed E-state index contributed by atoms with van der Waals surface area (Å²) in [5.74, 6) is 0. The molecule has 1 aromatic carbocycles. The van der Waals surface area contributed by atoms with E-state index in [0.29, 0.717) is 11.7 Å². The zero-order chi connectivity index (χ0) is 15.4. The van der Waals surface area contributed by atoms with Gasteiger partial charge in [-0.1, -0.05) is 13.8 Å². The molecule has 114 valence electrons. The van der Waals surface area contributed by atoms with Crippen LogP contribution in [0.4, 0.5) is 5.69 Å². The van der Waals surface area contributed by atoms with Crippen molar-refractivity contribution in [2.24, 2.45) is 0 Å². The monoisotopic (exact) mass is 288 g/mol. The highest BCUT2D eigenvalue weighted by molar-refractivity contribution is 5.80. The van der Waals surface area contributed by atoms with Crippen LogP contribution in [0.15, 0.2) is 39.5 Å². The normalized spacial score (nSPS) is 12.8. The lowest BCUT2D eigenvalue weighted by Gasteiger charge is -2.37. The van der Waals surface area contributed by atoms with Crippen molar-refractivity contribution in [3.63, 3.8) is 0 Å². The molecule has 0 fully saturated rings. The van der Waals surface area contributed by atoms with E-state index in [0.717, 1.165) is 30.7 Å². The predicted molar refractivity (Wildman–Crippen MR) is 87.9 cm³/mol.